The Bertz CT molecular complexity index is 598. The second-order valence-electron chi connectivity index (χ2n) is 3.42. The van der Waals surface area contributed by atoms with Crippen molar-refractivity contribution in [1.29, 1.82) is 5.26 Å². The number of aromatic carboxylic acids is 1. The molecular weight excluding hydrogens is 216 g/mol. The minimum absolute atomic E-state index is 0.00635. The van der Waals surface area contributed by atoms with Crippen LogP contribution in [0.1, 0.15) is 16.1 Å². The number of pyridine rings is 1. The number of rotatable bonds is 2. The molecule has 0 saturated carbocycles. The first kappa shape index (κ1) is 10.8. The van der Waals surface area contributed by atoms with Crippen LogP contribution in [0.25, 0.3) is 11.1 Å². The fourth-order valence-corrected chi connectivity index (χ4v) is 1.46. The van der Waals surface area contributed by atoms with Gasteiger partial charge in [-0.25, -0.2) is 9.78 Å². The number of hydrogen-bond donors (Lipinski definition) is 1. The molecule has 0 fully saturated rings. The van der Waals surface area contributed by atoms with Gasteiger partial charge >= 0.3 is 5.97 Å². The van der Waals surface area contributed by atoms with Gasteiger partial charge in [0.05, 0.1) is 11.6 Å². The fraction of sp³-hybridized carbons (Fsp3) is 0. The minimum atomic E-state index is -1.06. The van der Waals surface area contributed by atoms with Gasteiger partial charge in [-0.15, -0.1) is 0 Å². The SMILES string of the molecule is N#Cc1ccc(-c2ccnc(C(=O)O)c2)cc1. The Morgan fingerprint density at radius 3 is 2.47 bits per heavy atom. The van der Waals surface area contributed by atoms with Crippen LogP contribution >= 0.6 is 0 Å². The normalized spacial score (nSPS) is 9.59. The zero-order valence-electron chi connectivity index (χ0n) is 8.79. The molecule has 1 heterocycles. The highest BCUT2D eigenvalue weighted by atomic mass is 16.4. The van der Waals surface area contributed by atoms with Gasteiger partial charge < -0.3 is 5.11 Å². The highest BCUT2D eigenvalue weighted by molar-refractivity contribution is 5.87. The van der Waals surface area contributed by atoms with Gasteiger partial charge in [-0.2, -0.15) is 5.26 Å². The lowest BCUT2D eigenvalue weighted by atomic mass is 10.0. The summed E-state index contributed by atoms with van der Waals surface area (Å²) >= 11 is 0. The molecule has 2 aromatic rings. The summed E-state index contributed by atoms with van der Waals surface area (Å²) in [7, 11) is 0. The van der Waals surface area contributed by atoms with E-state index in [1.165, 1.54) is 12.3 Å². The Morgan fingerprint density at radius 2 is 1.88 bits per heavy atom. The first-order chi connectivity index (χ1) is 8.20. The Labute approximate surface area is 97.8 Å². The predicted molar refractivity (Wildman–Crippen MR) is 61.3 cm³/mol. The summed E-state index contributed by atoms with van der Waals surface area (Å²) in [4.78, 5) is 14.5. The fourth-order valence-electron chi connectivity index (χ4n) is 1.46. The molecule has 4 heteroatoms. The molecule has 2 rings (SSSR count). The van der Waals surface area contributed by atoms with E-state index in [1.54, 1.807) is 30.3 Å². The van der Waals surface area contributed by atoms with Crippen molar-refractivity contribution < 1.29 is 9.90 Å². The van der Waals surface area contributed by atoms with Crippen molar-refractivity contribution in [3.63, 3.8) is 0 Å². The largest absolute Gasteiger partial charge is 0.477 e. The number of nitriles is 1. The van der Waals surface area contributed by atoms with Gasteiger partial charge in [0.15, 0.2) is 0 Å². The molecule has 0 unspecified atom stereocenters. The van der Waals surface area contributed by atoms with Crippen LogP contribution < -0.4 is 0 Å². The summed E-state index contributed by atoms with van der Waals surface area (Å²) in [5, 5.41) is 17.5. The molecule has 0 amide bonds. The lowest BCUT2D eigenvalue weighted by molar-refractivity contribution is 0.0690. The highest BCUT2D eigenvalue weighted by Crippen LogP contribution is 2.19. The number of carboxylic acids is 1. The van der Waals surface area contributed by atoms with Crippen LogP contribution in [-0.2, 0) is 0 Å². The first-order valence-corrected chi connectivity index (χ1v) is 4.90. The van der Waals surface area contributed by atoms with E-state index in [2.05, 4.69) is 4.98 Å². The van der Waals surface area contributed by atoms with Gasteiger partial charge in [0.25, 0.3) is 0 Å². The molecule has 0 saturated heterocycles. The average molecular weight is 224 g/mol. The van der Waals surface area contributed by atoms with Crippen LogP contribution in [0.4, 0.5) is 0 Å². The standard InChI is InChI=1S/C13H8N2O2/c14-8-9-1-3-10(4-2-9)11-5-6-15-12(7-11)13(16)17/h1-7H,(H,16,17). The molecule has 1 aromatic heterocycles. The molecule has 4 nitrogen and oxygen atoms in total. The Kier molecular flexibility index (Phi) is 2.84. The third kappa shape index (κ3) is 2.29. The van der Waals surface area contributed by atoms with Gasteiger partial charge in [0.2, 0.25) is 0 Å². The molecule has 82 valence electrons. The van der Waals surface area contributed by atoms with E-state index in [0.717, 1.165) is 11.1 Å². The van der Waals surface area contributed by atoms with E-state index >= 15 is 0 Å². The lowest BCUT2D eigenvalue weighted by Gasteiger charge is -2.02. The topological polar surface area (TPSA) is 74.0 Å². The van der Waals surface area contributed by atoms with Gasteiger partial charge in [0.1, 0.15) is 5.69 Å². The Hall–Kier alpha value is -2.67. The molecule has 0 atom stereocenters. The summed E-state index contributed by atoms with van der Waals surface area (Å²) in [5.41, 5.74) is 2.20. The van der Waals surface area contributed by atoms with Gasteiger partial charge in [-0.05, 0) is 35.4 Å². The molecule has 1 aromatic carbocycles. The number of hydrogen-bond acceptors (Lipinski definition) is 3. The maximum Gasteiger partial charge on any atom is 0.354 e. The van der Waals surface area contributed by atoms with Crippen molar-refractivity contribution >= 4 is 5.97 Å². The van der Waals surface area contributed by atoms with Crippen molar-refractivity contribution in [3.05, 3.63) is 53.9 Å². The number of nitrogens with zero attached hydrogens (tertiary/aromatic N) is 2. The molecular formula is C13H8N2O2. The molecule has 0 aliphatic rings. The van der Waals surface area contributed by atoms with Crippen molar-refractivity contribution in [2.24, 2.45) is 0 Å². The van der Waals surface area contributed by atoms with E-state index in [1.807, 2.05) is 6.07 Å². The second kappa shape index (κ2) is 4.45. The second-order valence-corrected chi connectivity index (χ2v) is 3.42. The lowest BCUT2D eigenvalue weighted by Crippen LogP contribution is -1.99. The van der Waals surface area contributed by atoms with E-state index in [-0.39, 0.29) is 5.69 Å². The average Bonchev–Trinajstić information content (AvgIpc) is 2.39. The van der Waals surface area contributed by atoms with Crippen molar-refractivity contribution in [2.45, 2.75) is 0 Å². The summed E-state index contributed by atoms with van der Waals surface area (Å²) in [6, 6.07) is 12.2. The Morgan fingerprint density at radius 1 is 1.18 bits per heavy atom. The van der Waals surface area contributed by atoms with E-state index in [9.17, 15) is 4.79 Å². The van der Waals surface area contributed by atoms with Gasteiger partial charge in [-0.1, -0.05) is 12.1 Å². The molecule has 1 N–H and O–H groups in total. The van der Waals surface area contributed by atoms with E-state index in [4.69, 9.17) is 10.4 Å². The van der Waals surface area contributed by atoms with Crippen LogP contribution in [0, 0.1) is 11.3 Å². The summed E-state index contributed by atoms with van der Waals surface area (Å²) < 4.78 is 0. The number of benzene rings is 1. The predicted octanol–water partition coefficient (Wildman–Crippen LogP) is 2.32. The summed E-state index contributed by atoms with van der Waals surface area (Å²) in [6.07, 6.45) is 1.46. The molecule has 17 heavy (non-hydrogen) atoms. The van der Waals surface area contributed by atoms with Crippen molar-refractivity contribution in [2.75, 3.05) is 0 Å². The molecule has 0 aliphatic heterocycles. The third-order valence-corrected chi connectivity index (χ3v) is 2.33. The number of carbonyl (C=O) groups is 1. The number of aromatic nitrogens is 1. The van der Waals surface area contributed by atoms with Gasteiger partial charge in [-0.3, -0.25) is 0 Å². The van der Waals surface area contributed by atoms with Crippen LogP contribution in [0.3, 0.4) is 0 Å². The zero-order valence-corrected chi connectivity index (χ0v) is 8.79. The van der Waals surface area contributed by atoms with Crippen molar-refractivity contribution in [3.8, 4) is 17.2 Å². The zero-order chi connectivity index (χ0) is 12.3. The highest BCUT2D eigenvalue weighted by Gasteiger charge is 2.06. The molecule has 0 bridgehead atoms. The maximum atomic E-state index is 10.8. The molecule has 0 aliphatic carbocycles. The first-order valence-electron chi connectivity index (χ1n) is 4.90. The third-order valence-electron chi connectivity index (χ3n) is 2.33. The van der Waals surface area contributed by atoms with E-state index in [0.29, 0.717) is 5.56 Å². The number of carboxylic acid groups (broad SMARTS) is 1. The Balaban J connectivity index is 2.42. The van der Waals surface area contributed by atoms with Crippen LogP contribution in [0.5, 0.6) is 0 Å². The summed E-state index contributed by atoms with van der Waals surface area (Å²) in [6.45, 7) is 0. The van der Waals surface area contributed by atoms with Crippen LogP contribution in [-0.4, -0.2) is 16.1 Å². The van der Waals surface area contributed by atoms with Crippen molar-refractivity contribution in [1.82, 2.24) is 4.98 Å². The molecule has 0 radical (unpaired) electrons. The summed E-state index contributed by atoms with van der Waals surface area (Å²) in [5.74, 6) is -1.06. The minimum Gasteiger partial charge on any atom is -0.477 e. The van der Waals surface area contributed by atoms with Crippen LogP contribution in [0.15, 0.2) is 42.6 Å². The monoisotopic (exact) mass is 224 g/mol. The van der Waals surface area contributed by atoms with Crippen LogP contribution in [0.2, 0.25) is 0 Å². The van der Waals surface area contributed by atoms with E-state index < -0.39 is 5.97 Å². The smallest absolute Gasteiger partial charge is 0.354 e. The quantitative estimate of drug-likeness (QED) is 0.849. The molecule has 0 spiro atoms. The van der Waals surface area contributed by atoms with Gasteiger partial charge in [0, 0.05) is 6.20 Å². The maximum absolute atomic E-state index is 10.8.